The largest absolute Gasteiger partial charge is 0.381 e. The summed E-state index contributed by atoms with van der Waals surface area (Å²) in [7, 11) is 1.80. The Morgan fingerprint density at radius 1 is 1.56 bits per heavy atom. The minimum absolute atomic E-state index is 0.227. The summed E-state index contributed by atoms with van der Waals surface area (Å²) in [5, 5.41) is 3.63. The first-order valence-electron chi connectivity index (χ1n) is 6.84. The van der Waals surface area contributed by atoms with Gasteiger partial charge in [-0.05, 0) is 12.8 Å². The van der Waals surface area contributed by atoms with Crippen molar-refractivity contribution in [1.82, 2.24) is 14.9 Å². The molecule has 1 aromatic rings. The Labute approximate surface area is 110 Å². The first-order chi connectivity index (χ1) is 8.59. The lowest BCUT2D eigenvalue weighted by Gasteiger charge is -2.51. The fourth-order valence-corrected chi connectivity index (χ4v) is 2.80. The molecule has 1 heterocycles. The van der Waals surface area contributed by atoms with Gasteiger partial charge in [-0.2, -0.15) is 0 Å². The molecule has 102 valence electrons. The van der Waals surface area contributed by atoms with Crippen LogP contribution in [0.5, 0.6) is 0 Å². The lowest BCUT2D eigenvalue weighted by molar-refractivity contribution is -0.0980. The van der Waals surface area contributed by atoms with E-state index in [-0.39, 0.29) is 5.41 Å². The van der Waals surface area contributed by atoms with Gasteiger partial charge in [0.15, 0.2) is 0 Å². The first kappa shape index (κ1) is 13.6. The van der Waals surface area contributed by atoms with E-state index in [1.807, 2.05) is 12.5 Å². The molecule has 0 aromatic carbocycles. The number of nitrogens with one attached hydrogen (secondary N) is 1. The van der Waals surface area contributed by atoms with Gasteiger partial charge in [0.1, 0.15) is 0 Å². The Balaban J connectivity index is 1.87. The number of hydrogen-bond acceptors (Lipinski definition) is 3. The summed E-state index contributed by atoms with van der Waals surface area (Å²) in [4.78, 5) is 4.23. The van der Waals surface area contributed by atoms with Crippen LogP contribution in [0.4, 0.5) is 0 Å². The summed E-state index contributed by atoms with van der Waals surface area (Å²) in [6.07, 6.45) is 6.51. The number of methoxy groups -OCH3 is 1. The van der Waals surface area contributed by atoms with Crippen LogP contribution in [0.2, 0.25) is 0 Å². The highest BCUT2D eigenvalue weighted by atomic mass is 16.5. The molecule has 1 N–H and O–H groups in total. The van der Waals surface area contributed by atoms with Crippen molar-refractivity contribution in [1.29, 1.82) is 0 Å². The Morgan fingerprint density at radius 3 is 2.94 bits per heavy atom. The Kier molecular flexibility index (Phi) is 4.07. The lowest BCUT2D eigenvalue weighted by Crippen LogP contribution is -2.60. The second kappa shape index (κ2) is 5.41. The predicted molar refractivity (Wildman–Crippen MR) is 72.3 cm³/mol. The minimum atomic E-state index is 0.227. The molecular formula is C14H25N3O. The smallest absolute Gasteiger partial charge is 0.0948 e. The molecule has 1 saturated carbocycles. The Morgan fingerprint density at radius 2 is 2.33 bits per heavy atom. The van der Waals surface area contributed by atoms with Crippen LogP contribution in [-0.2, 0) is 17.8 Å². The third kappa shape index (κ3) is 2.45. The Hall–Kier alpha value is -0.870. The van der Waals surface area contributed by atoms with Crippen molar-refractivity contribution in [3.05, 3.63) is 18.2 Å². The maximum absolute atomic E-state index is 5.47. The predicted octanol–water partition coefficient (Wildman–Crippen LogP) is 2.20. The van der Waals surface area contributed by atoms with Gasteiger partial charge >= 0.3 is 0 Å². The third-order valence-electron chi connectivity index (χ3n) is 4.25. The van der Waals surface area contributed by atoms with Gasteiger partial charge in [0.05, 0.1) is 18.1 Å². The molecule has 0 saturated heterocycles. The Bertz CT molecular complexity index is 386. The molecule has 1 aromatic heterocycles. The third-order valence-corrected chi connectivity index (χ3v) is 4.25. The second-order valence-electron chi connectivity index (χ2n) is 5.79. The lowest BCUT2D eigenvalue weighted by atomic mass is 9.64. The fourth-order valence-electron chi connectivity index (χ4n) is 2.80. The molecule has 2 unspecified atom stereocenters. The van der Waals surface area contributed by atoms with E-state index in [9.17, 15) is 0 Å². The summed E-state index contributed by atoms with van der Waals surface area (Å²) < 4.78 is 7.70. The SMILES string of the molecule is CCCn1cncc1CNC1CC(OC)C1(C)C. The van der Waals surface area contributed by atoms with Crippen LogP contribution in [0.3, 0.4) is 0 Å². The van der Waals surface area contributed by atoms with Crippen LogP contribution in [0.1, 0.15) is 39.3 Å². The molecule has 2 rings (SSSR count). The van der Waals surface area contributed by atoms with E-state index in [0.717, 1.165) is 25.9 Å². The maximum Gasteiger partial charge on any atom is 0.0948 e. The summed E-state index contributed by atoms with van der Waals surface area (Å²) in [5.41, 5.74) is 1.50. The van der Waals surface area contributed by atoms with Gasteiger partial charge in [0.25, 0.3) is 0 Å². The van der Waals surface area contributed by atoms with Crippen molar-refractivity contribution in [2.75, 3.05) is 7.11 Å². The molecule has 18 heavy (non-hydrogen) atoms. The van der Waals surface area contributed by atoms with Crippen molar-refractivity contribution in [2.24, 2.45) is 5.41 Å². The first-order valence-corrected chi connectivity index (χ1v) is 6.84. The van der Waals surface area contributed by atoms with E-state index in [2.05, 4.69) is 35.6 Å². The van der Waals surface area contributed by atoms with E-state index in [4.69, 9.17) is 4.74 Å². The summed E-state index contributed by atoms with van der Waals surface area (Å²) in [6, 6.07) is 0.535. The van der Waals surface area contributed by atoms with Crippen molar-refractivity contribution in [3.8, 4) is 0 Å². The topological polar surface area (TPSA) is 39.1 Å². The molecule has 0 amide bonds. The van der Waals surface area contributed by atoms with E-state index in [1.54, 1.807) is 7.11 Å². The van der Waals surface area contributed by atoms with Crippen LogP contribution in [0.15, 0.2) is 12.5 Å². The van der Waals surface area contributed by atoms with E-state index in [1.165, 1.54) is 5.69 Å². The molecule has 0 bridgehead atoms. The second-order valence-corrected chi connectivity index (χ2v) is 5.79. The number of rotatable bonds is 6. The quantitative estimate of drug-likeness (QED) is 0.842. The van der Waals surface area contributed by atoms with Crippen molar-refractivity contribution in [3.63, 3.8) is 0 Å². The van der Waals surface area contributed by atoms with Crippen LogP contribution in [0.25, 0.3) is 0 Å². The highest BCUT2D eigenvalue weighted by Gasteiger charge is 2.48. The number of aromatic nitrogens is 2. The van der Waals surface area contributed by atoms with Crippen molar-refractivity contribution in [2.45, 2.75) is 58.8 Å². The normalized spacial score (nSPS) is 26.0. The van der Waals surface area contributed by atoms with Gasteiger partial charge in [0, 0.05) is 37.9 Å². The highest BCUT2D eigenvalue weighted by molar-refractivity contribution is 5.05. The molecular weight excluding hydrogens is 226 g/mol. The average molecular weight is 251 g/mol. The van der Waals surface area contributed by atoms with Gasteiger partial charge in [-0.25, -0.2) is 4.98 Å². The van der Waals surface area contributed by atoms with Gasteiger partial charge in [-0.15, -0.1) is 0 Å². The maximum atomic E-state index is 5.47. The molecule has 0 radical (unpaired) electrons. The minimum Gasteiger partial charge on any atom is -0.381 e. The number of nitrogens with zero attached hydrogens (tertiary/aromatic N) is 2. The van der Waals surface area contributed by atoms with Crippen molar-refractivity contribution >= 4 is 0 Å². The standard InChI is InChI=1S/C14H25N3O/c1-5-6-17-10-15-8-11(17)9-16-12-7-13(18-4)14(12,2)3/h8,10,12-13,16H,5-7,9H2,1-4H3. The molecule has 0 aliphatic heterocycles. The van der Waals surface area contributed by atoms with E-state index < -0.39 is 0 Å². The van der Waals surface area contributed by atoms with Crippen LogP contribution in [0, 0.1) is 5.41 Å². The molecule has 1 aliphatic rings. The summed E-state index contributed by atoms with van der Waals surface area (Å²) in [6.45, 7) is 8.67. The van der Waals surface area contributed by atoms with Crippen molar-refractivity contribution < 1.29 is 4.74 Å². The summed E-state index contributed by atoms with van der Waals surface area (Å²) >= 11 is 0. The monoisotopic (exact) mass is 251 g/mol. The molecule has 2 atom stereocenters. The van der Waals surface area contributed by atoms with E-state index >= 15 is 0 Å². The zero-order chi connectivity index (χ0) is 13.2. The fraction of sp³-hybridized carbons (Fsp3) is 0.786. The number of hydrogen-bond donors (Lipinski definition) is 1. The molecule has 4 heteroatoms. The molecule has 1 fully saturated rings. The molecule has 4 nitrogen and oxygen atoms in total. The van der Waals surface area contributed by atoms with Gasteiger partial charge < -0.3 is 14.6 Å². The van der Waals surface area contributed by atoms with Crippen LogP contribution in [-0.4, -0.2) is 28.8 Å². The van der Waals surface area contributed by atoms with Crippen LogP contribution >= 0.6 is 0 Å². The zero-order valence-corrected chi connectivity index (χ0v) is 11.9. The molecule has 0 spiro atoms. The number of aryl methyl sites for hydroxylation is 1. The molecule has 1 aliphatic carbocycles. The van der Waals surface area contributed by atoms with Gasteiger partial charge in [-0.1, -0.05) is 20.8 Å². The number of ether oxygens (including phenoxy) is 1. The average Bonchev–Trinajstić information content (AvgIpc) is 2.76. The van der Waals surface area contributed by atoms with Crippen LogP contribution < -0.4 is 5.32 Å². The van der Waals surface area contributed by atoms with Gasteiger partial charge in [0.2, 0.25) is 0 Å². The number of imidazole rings is 1. The highest BCUT2D eigenvalue weighted by Crippen LogP contribution is 2.42. The summed E-state index contributed by atoms with van der Waals surface area (Å²) in [5.74, 6) is 0. The van der Waals surface area contributed by atoms with E-state index in [0.29, 0.717) is 12.1 Å². The van der Waals surface area contributed by atoms with Gasteiger partial charge in [-0.3, -0.25) is 0 Å². The zero-order valence-electron chi connectivity index (χ0n) is 11.9.